The predicted octanol–water partition coefficient (Wildman–Crippen LogP) is 1.14. The number of hydrogen-bond donors (Lipinski definition) is 1. The number of nitro benzene ring substituents is 1. The first kappa shape index (κ1) is 21.2. The normalized spacial score (nSPS) is 11.4. The first-order valence-electron chi connectivity index (χ1n) is 8.75. The number of aromatic nitrogens is 3. The first-order chi connectivity index (χ1) is 14.2. The van der Waals surface area contributed by atoms with Crippen LogP contribution in [0.5, 0.6) is 5.75 Å². The van der Waals surface area contributed by atoms with E-state index in [2.05, 4.69) is 9.82 Å². The van der Waals surface area contributed by atoms with Crippen molar-refractivity contribution >= 4 is 15.7 Å². The van der Waals surface area contributed by atoms with Crippen LogP contribution in [0.4, 0.5) is 5.69 Å². The Labute approximate surface area is 171 Å². The average Bonchev–Trinajstić information content (AvgIpc) is 3.02. The minimum atomic E-state index is -3.89. The highest BCUT2D eigenvalue weighted by atomic mass is 32.2. The highest BCUT2D eigenvalue weighted by Crippen LogP contribution is 2.19. The van der Waals surface area contributed by atoms with Gasteiger partial charge in [-0.05, 0) is 36.4 Å². The lowest BCUT2D eigenvalue weighted by Crippen LogP contribution is -2.31. The second kappa shape index (κ2) is 8.47. The number of methoxy groups -OCH3 is 1. The summed E-state index contributed by atoms with van der Waals surface area (Å²) < 4.78 is 34.7. The Balaban J connectivity index is 1.71. The van der Waals surface area contributed by atoms with Crippen molar-refractivity contribution in [1.29, 1.82) is 0 Å². The highest BCUT2D eigenvalue weighted by molar-refractivity contribution is 7.89. The van der Waals surface area contributed by atoms with Gasteiger partial charge in [0.2, 0.25) is 10.0 Å². The van der Waals surface area contributed by atoms with Crippen LogP contribution in [0.1, 0.15) is 0 Å². The Kier molecular flexibility index (Phi) is 5.99. The number of sulfonamides is 1. The van der Waals surface area contributed by atoms with Gasteiger partial charge in [-0.2, -0.15) is 0 Å². The van der Waals surface area contributed by atoms with Gasteiger partial charge < -0.3 is 4.74 Å². The average molecular weight is 433 g/mol. The molecule has 0 unspecified atom stereocenters. The van der Waals surface area contributed by atoms with Crippen molar-refractivity contribution in [1.82, 2.24) is 19.1 Å². The fourth-order valence-corrected chi connectivity index (χ4v) is 3.76. The first-order valence-corrected chi connectivity index (χ1v) is 10.2. The van der Waals surface area contributed by atoms with Crippen LogP contribution in [0.25, 0.3) is 11.4 Å². The van der Waals surface area contributed by atoms with Crippen molar-refractivity contribution in [3.05, 3.63) is 69.1 Å². The van der Waals surface area contributed by atoms with E-state index in [-0.39, 0.29) is 23.7 Å². The van der Waals surface area contributed by atoms with Crippen LogP contribution in [-0.4, -0.2) is 41.3 Å². The van der Waals surface area contributed by atoms with Gasteiger partial charge >= 0.3 is 5.69 Å². The van der Waals surface area contributed by atoms with Crippen LogP contribution in [0.15, 0.2) is 58.2 Å². The van der Waals surface area contributed by atoms with Gasteiger partial charge in [0, 0.05) is 31.3 Å². The van der Waals surface area contributed by atoms with Gasteiger partial charge in [-0.1, -0.05) is 0 Å². The van der Waals surface area contributed by atoms with E-state index in [0.717, 1.165) is 28.9 Å². The molecule has 0 atom stereocenters. The number of benzene rings is 2. The smallest absolute Gasteiger partial charge is 0.345 e. The van der Waals surface area contributed by atoms with Crippen molar-refractivity contribution < 1.29 is 18.1 Å². The SMILES string of the molecule is COc1ccc(-c2nn(CCNS(=O)(=O)c3ccc([N+](=O)[O-])cc3)c(=O)n2C)cc1. The number of nitro groups is 1. The lowest BCUT2D eigenvalue weighted by Gasteiger charge is -2.06. The quantitative estimate of drug-likeness (QED) is 0.415. The highest BCUT2D eigenvalue weighted by Gasteiger charge is 2.17. The molecule has 0 amide bonds. The van der Waals surface area contributed by atoms with Crippen molar-refractivity contribution in [2.45, 2.75) is 11.4 Å². The maximum Gasteiger partial charge on any atom is 0.345 e. The summed E-state index contributed by atoms with van der Waals surface area (Å²) >= 11 is 0. The molecule has 0 radical (unpaired) electrons. The van der Waals surface area contributed by atoms with Crippen molar-refractivity contribution in [3.8, 4) is 17.1 Å². The summed E-state index contributed by atoms with van der Waals surface area (Å²) in [5.74, 6) is 1.10. The van der Waals surface area contributed by atoms with Gasteiger partial charge in [0.1, 0.15) is 5.75 Å². The fraction of sp³-hybridized carbons (Fsp3) is 0.222. The third kappa shape index (κ3) is 4.39. The monoisotopic (exact) mass is 433 g/mol. The third-order valence-electron chi connectivity index (χ3n) is 4.36. The molecular weight excluding hydrogens is 414 g/mol. The predicted molar refractivity (Wildman–Crippen MR) is 108 cm³/mol. The number of nitrogens with zero attached hydrogens (tertiary/aromatic N) is 4. The molecule has 0 bridgehead atoms. The van der Waals surface area contributed by atoms with Crippen molar-refractivity contribution in [2.24, 2.45) is 7.05 Å². The lowest BCUT2D eigenvalue weighted by molar-refractivity contribution is -0.384. The molecule has 12 heteroatoms. The molecule has 0 aliphatic rings. The fourth-order valence-electron chi connectivity index (χ4n) is 2.74. The minimum Gasteiger partial charge on any atom is -0.497 e. The van der Waals surface area contributed by atoms with Gasteiger partial charge in [0.15, 0.2) is 5.82 Å². The molecule has 30 heavy (non-hydrogen) atoms. The van der Waals surface area contributed by atoms with E-state index in [9.17, 15) is 23.3 Å². The zero-order valence-corrected chi connectivity index (χ0v) is 17.0. The largest absolute Gasteiger partial charge is 0.497 e. The molecule has 11 nitrogen and oxygen atoms in total. The molecule has 0 spiro atoms. The molecule has 3 aromatic rings. The van der Waals surface area contributed by atoms with Gasteiger partial charge in [-0.25, -0.2) is 22.6 Å². The Morgan fingerprint density at radius 1 is 1.13 bits per heavy atom. The topological polar surface area (TPSA) is 138 Å². The molecule has 0 saturated carbocycles. The van der Waals surface area contributed by atoms with Crippen LogP contribution in [0.3, 0.4) is 0 Å². The molecule has 1 N–H and O–H groups in total. The Hall–Kier alpha value is -3.51. The molecule has 2 aromatic carbocycles. The van der Waals surface area contributed by atoms with E-state index in [1.165, 1.54) is 4.57 Å². The number of hydrogen-bond acceptors (Lipinski definition) is 7. The van der Waals surface area contributed by atoms with Crippen LogP contribution >= 0.6 is 0 Å². The molecular formula is C18H19N5O6S. The summed E-state index contributed by atoms with van der Waals surface area (Å²) in [6.07, 6.45) is 0. The van der Waals surface area contributed by atoms with E-state index in [0.29, 0.717) is 17.1 Å². The second-order valence-corrected chi connectivity index (χ2v) is 8.03. The summed E-state index contributed by atoms with van der Waals surface area (Å²) in [6.45, 7) is -0.0761. The Morgan fingerprint density at radius 2 is 1.77 bits per heavy atom. The molecule has 0 aliphatic heterocycles. The summed E-state index contributed by atoms with van der Waals surface area (Å²) in [5.41, 5.74) is 0.107. The number of non-ortho nitro benzene ring substituents is 1. The second-order valence-electron chi connectivity index (χ2n) is 6.27. The zero-order valence-electron chi connectivity index (χ0n) is 16.2. The Morgan fingerprint density at radius 3 is 2.33 bits per heavy atom. The van der Waals surface area contributed by atoms with Gasteiger partial charge in [0.25, 0.3) is 5.69 Å². The van der Waals surface area contributed by atoms with Crippen LogP contribution in [-0.2, 0) is 23.6 Å². The van der Waals surface area contributed by atoms with Crippen molar-refractivity contribution in [3.63, 3.8) is 0 Å². The van der Waals surface area contributed by atoms with Gasteiger partial charge in [-0.3, -0.25) is 14.7 Å². The summed E-state index contributed by atoms with van der Waals surface area (Å²) in [6, 6.07) is 11.5. The number of ether oxygens (including phenoxy) is 1. The van der Waals surface area contributed by atoms with E-state index >= 15 is 0 Å². The van der Waals surface area contributed by atoms with Gasteiger partial charge in [0.05, 0.1) is 23.5 Å². The molecule has 0 fully saturated rings. The van der Waals surface area contributed by atoms with E-state index in [1.54, 1.807) is 38.4 Å². The molecule has 0 aliphatic carbocycles. The number of nitrogens with one attached hydrogen (secondary N) is 1. The van der Waals surface area contributed by atoms with E-state index < -0.39 is 20.6 Å². The van der Waals surface area contributed by atoms with E-state index in [4.69, 9.17) is 4.74 Å². The molecule has 158 valence electrons. The summed E-state index contributed by atoms with van der Waals surface area (Å²) in [4.78, 5) is 22.4. The summed E-state index contributed by atoms with van der Waals surface area (Å²) in [5, 5.41) is 15.0. The molecule has 0 saturated heterocycles. The maximum absolute atomic E-state index is 12.4. The van der Waals surface area contributed by atoms with E-state index in [1.807, 2.05) is 0 Å². The maximum atomic E-state index is 12.4. The van der Waals surface area contributed by atoms with Crippen LogP contribution in [0.2, 0.25) is 0 Å². The standard InChI is InChI=1S/C18H19N5O6S/c1-21-17(13-3-7-15(29-2)8-4-13)20-22(18(21)24)12-11-19-30(27,28)16-9-5-14(6-10-16)23(25)26/h3-10,19H,11-12H2,1-2H3. The third-order valence-corrected chi connectivity index (χ3v) is 5.84. The molecule has 3 rings (SSSR count). The van der Waals surface area contributed by atoms with Crippen LogP contribution in [0, 0.1) is 10.1 Å². The lowest BCUT2D eigenvalue weighted by atomic mass is 10.2. The van der Waals surface area contributed by atoms with Crippen LogP contribution < -0.4 is 15.1 Å². The Bertz CT molecular complexity index is 1210. The minimum absolute atomic E-state index is 0.00897. The van der Waals surface area contributed by atoms with Gasteiger partial charge in [-0.15, -0.1) is 5.10 Å². The molecule has 1 heterocycles. The van der Waals surface area contributed by atoms with Crippen molar-refractivity contribution in [2.75, 3.05) is 13.7 Å². The number of rotatable bonds is 8. The molecule has 1 aromatic heterocycles. The summed E-state index contributed by atoms with van der Waals surface area (Å²) in [7, 11) is -0.757. The zero-order chi connectivity index (χ0) is 21.9.